The van der Waals surface area contributed by atoms with E-state index in [2.05, 4.69) is 16.2 Å². The van der Waals surface area contributed by atoms with Crippen LogP contribution in [-0.4, -0.2) is 30.1 Å². The van der Waals surface area contributed by atoms with Crippen molar-refractivity contribution in [2.45, 2.75) is 13.3 Å². The summed E-state index contributed by atoms with van der Waals surface area (Å²) in [5.41, 5.74) is 5.41. The largest absolute Gasteiger partial charge is 0.381 e. The fourth-order valence-electron chi connectivity index (χ4n) is 1.43. The fourth-order valence-corrected chi connectivity index (χ4v) is 1.58. The molecule has 0 fully saturated rings. The van der Waals surface area contributed by atoms with Gasteiger partial charge in [-0.2, -0.15) is 0 Å². The fraction of sp³-hybridized carbons (Fsp3) is 0.267. The Morgan fingerprint density at radius 2 is 1.96 bits per heavy atom. The Morgan fingerprint density at radius 3 is 2.61 bits per heavy atom. The molecule has 0 saturated heterocycles. The summed E-state index contributed by atoms with van der Waals surface area (Å²) in [5.74, 6) is -1.13. The average molecular weight is 339 g/mol. The van der Waals surface area contributed by atoms with Crippen molar-refractivity contribution in [1.82, 2.24) is 16.2 Å². The quantitative estimate of drug-likeness (QED) is 0.315. The minimum Gasteiger partial charge on any atom is -0.381 e. The van der Waals surface area contributed by atoms with Gasteiger partial charge < -0.3 is 4.74 Å². The number of hydrogen-bond donors (Lipinski definition) is 3. The van der Waals surface area contributed by atoms with E-state index in [-0.39, 0.29) is 23.3 Å². The molecule has 0 unspecified atom stereocenters. The predicted molar refractivity (Wildman–Crippen MR) is 88.6 cm³/mol. The zero-order chi connectivity index (χ0) is 17.1. The van der Waals surface area contributed by atoms with E-state index in [1.165, 1.54) is 36.4 Å². The van der Waals surface area contributed by atoms with Crippen LogP contribution in [0, 0.1) is 5.82 Å². The summed E-state index contributed by atoms with van der Waals surface area (Å²) in [6, 6.07) is 5.66. The molecule has 0 radical (unpaired) electrons. The van der Waals surface area contributed by atoms with Crippen molar-refractivity contribution in [3.63, 3.8) is 0 Å². The molecular formula is C15H18FN3O3S. The van der Waals surface area contributed by atoms with Gasteiger partial charge in [0.05, 0.1) is 13.0 Å². The molecule has 0 spiro atoms. The molecule has 0 aliphatic carbocycles. The van der Waals surface area contributed by atoms with E-state index in [1.54, 1.807) is 0 Å². The smallest absolute Gasteiger partial charge is 0.250 e. The zero-order valence-corrected chi connectivity index (χ0v) is 13.4. The Morgan fingerprint density at radius 1 is 1.26 bits per heavy atom. The lowest BCUT2D eigenvalue weighted by atomic mass is 10.2. The van der Waals surface area contributed by atoms with Gasteiger partial charge in [-0.15, -0.1) is 0 Å². The number of nitrogens with one attached hydrogen (secondary N) is 3. The Hall–Kier alpha value is -2.32. The number of amides is 2. The maximum absolute atomic E-state index is 12.7. The van der Waals surface area contributed by atoms with Gasteiger partial charge in [0.15, 0.2) is 5.11 Å². The third kappa shape index (κ3) is 8.64. The maximum atomic E-state index is 12.7. The average Bonchev–Trinajstić information content (AvgIpc) is 2.52. The first kappa shape index (κ1) is 18.7. The number of thiocarbonyl (C=S) groups is 1. The van der Waals surface area contributed by atoms with E-state index in [0.29, 0.717) is 18.8 Å². The van der Waals surface area contributed by atoms with Crippen molar-refractivity contribution < 1.29 is 18.7 Å². The summed E-state index contributed by atoms with van der Waals surface area (Å²) in [7, 11) is 0. The van der Waals surface area contributed by atoms with Gasteiger partial charge in [0.1, 0.15) is 5.82 Å². The Kier molecular flexibility index (Phi) is 8.48. The van der Waals surface area contributed by atoms with Gasteiger partial charge in [-0.25, -0.2) is 4.39 Å². The second kappa shape index (κ2) is 10.4. The van der Waals surface area contributed by atoms with Gasteiger partial charge in [0, 0.05) is 12.7 Å². The normalized spacial score (nSPS) is 10.3. The Balaban J connectivity index is 2.29. The van der Waals surface area contributed by atoms with E-state index in [4.69, 9.17) is 17.0 Å². The van der Waals surface area contributed by atoms with Gasteiger partial charge in [-0.05, 0) is 42.9 Å². The first-order valence-electron chi connectivity index (χ1n) is 6.92. The number of ether oxygens (including phenoxy) is 1. The van der Waals surface area contributed by atoms with Crippen LogP contribution in [0.1, 0.15) is 18.9 Å². The number of rotatable bonds is 6. The summed E-state index contributed by atoms with van der Waals surface area (Å²) in [4.78, 5) is 23.0. The molecule has 0 aliphatic rings. The monoisotopic (exact) mass is 339 g/mol. The van der Waals surface area contributed by atoms with Gasteiger partial charge in [0.25, 0.3) is 0 Å². The van der Waals surface area contributed by atoms with Gasteiger partial charge >= 0.3 is 0 Å². The van der Waals surface area contributed by atoms with E-state index in [0.717, 1.165) is 0 Å². The SMILES string of the molecule is CCOCCC(=O)NNC(=S)NC(=O)/C=C/c1ccc(F)cc1. The van der Waals surface area contributed by atoms with E-state index in [9.17, 15) is 14.0 Å². The van der Waals surface area contributed by atoms with Gasteiger partial charge in [-0.1, -0.05) is 12.1 Å². The van der Waals surface area contributed by atoms with Gasteiger partial charge in [0.2, 0.25) is 11.8 Å². The molecular weight excluding hydrogens is 321 g/mol. The second-order valence-electron chi connectivity index (χ2n) is 4.32. The van der Waals surface area contributed by atoms with Crippen LogP contribution in [-0.2, 0) is 14.3 Å². The highest BCUT2D eigenvalue weighted by atomic mass is 32.1. The first-order chi connectivity index (χ1) is 11.0. The molecule has 0 atom stereocenters. The highest BCUT2D eigenvalue weighted by Gasteiger charge is 2.03. The van der Waals surface area contributed by atoms with Crippen molar-refractivity contribution >= 4 is 35.2 Å². The first-order valence-corrected chi connectivity index (χ1v) is 7.33. The third-order valence-corrected chi connectivity index (χ3v) is 2.73. The molecule has 0 aromatic heterocycles. The Labute approximate surface area is 139 Å². The molecule has 1 aromatic carbocycles. The molecule has 0 heterocycles. The highest BCUT2D eigenvalue weighted by Crippen LogP contribution is 2.04. The van der Waals surface area contributed by atoms with Crippen LogP contribution in [0.2, 0.25) is 0 Å². The van der Waals surface area contributed by atoms with E-state index >= 15 is 0 Å². The zero-order valence-electron chi connectivity index (χ0n) is 12.6. The number of hydrogen-bond acceptors (Lipinski definition) is 4. The molecule has 0 saturated carbocycles. The second-order valence-corrected chi connectivity index (χ2v) is 4.73. The topological polar surface area (TPSA) is 79.5 Å². The summed E-state index contributed by atoms with van der Waals surface area (Å²) in [5, 5.41) is 2.32. The molecule has 8 heteroatoms. The van der Waals surface area contributed by atoms with Crippen molar-refractivity contribution in [2.24, 2.45) is 0 Å². The number of carbonyl (C=O) groups excluding carboxylic acids is 2. The summed E-state index contributed by atoms with van der Waals surface area (Å²) >= 11 is 4.86. The van der Waals surface area contributed by atoms with Crippen LogP contribution in [0.5, 0.6) is 0 Å². The molecule has 23 heavy (non-hydrogen) atoms. The molecule has 124 valence electrons. The predicted octanol–water partition coefficient (Wildman–Crippen LogP) is 1.29. The van der Waals surface area contributed by atoms with Crippen LogP contribution in [0.3, 0.4) is 0 Å². The molecule has 2 amide bonds. The van der Waals surface area contributed by atoms with Crippen LogP contribution in [0.25, 0.3) is 6.08 Å². The lowest BCUT2D eigenvalue weighted by Crippen LogP contribution is -2.48. The molecule has 3 N–H and O–H groups in total. The van der Waals surface area contributed by atoms with Crippen molar-refractivity contribution in [3.8, 4) is 0 Å². The van der Waals surface area contributed by atoms with E-state index < -0.39 is 5.91 Å². The summed E-state index contributed by atoms with van der Waals surface area (Å²) < 4.78 is 17.8. The molecule has 0 aliphatic heterocycles. The Bertz CT molecular complexity index is 576. The number of hydrazine groups is 1. The lowest BCUT2D eigenvalue weighted by Gasteiger charge is -2.09. The molecule has 1 aromatic rings. The number of carbonyl (C=O) groups is 2. The van der Waals surface area contributed by atoms with Crippen LogP contribution in [0.4, 0.5) is 4.39 Å². The number of benzene rings is 1. The van der Waals surface area contributed by atoms with Crippen LogP contribution < -0.4 is 16.2 Å². The summed E-state index contributed by atoms with van der Waals surface area (Å²) in [6.45, 7) is 2.68. The van der Waals surface area contributed by atoms with Crippen LogP contribution >= 0.6 is 12.2 Å². The van der Waals surface area contributed by atoms with Gasteiger partial charge in [-0.3, -0.25) is 25.8 Å². The highest BCUT2D eigenvalue weighted by molar-refractivity contribution is 7.80. The standard InChI is InChI=1S/C15H18FN3O3S/c1-2-22-10-9-14(21)18-19-15(23)17-13(20)8-5-11-3-6-12(16)7-4-11/h3-8H,2,9-10H2,1H3,(H,18,21)(H2,17,19,20,23)/b8-5+. The minimum atomic E-state index is -0.476. The van der Waals surface area contributed by atoms with Crippen molar-refractivity contribution in [1.29, 1.82) is 0 Å². The summed E-state index contributed by atoms with van der Waals surface area (Å²) in [6.07, 6.45) is 2.94. The van der Waals surface area contributed by atoms with Crippen molar-refractivity contribution in [3.05, 3.63) is 41.7 Å². The third-order valence-electron chi connectivity index (χ3n) is 2.53. The minimum absolute atomic E-state index is 0.0384. The van der Waals surface area contributed by atoms with Crippen molar-refractivity contribution in [2.75, 3.05) is 13.2 Å². The van der Waals surface area contributed by atoms with Crippen LogP contribution in [0.15, 0.2) is 30.3 Å². The molecule has 0 bridgehead atoms. The molecule has 1 rings (SSSR count). The molecule has 6 nitrogen and oxygen atoms in total. The number of halogens is 1. The lowest BCUT2D eigenvalue weighted by molar-refractivity contribution is -0.123. The maximum Gasteiger partial charge on any atom is 0.250 e. The van der Waals surface area contributed by atoms with E-state index in [1.807, 2.05) is 6.92 Å².